The molecule has 4 aromatic rings. The van der Waals surface area contributed by atoms with Gasteiger partial charge in [0.15, 0.2) is 0 Å². The number of hydrogen-bond acceptors (Lipinski definition) is 2. The lowest BCUT2D eigenvalue weighted by Gasteiger charge is -2.26. The van der Waals surface area contributed by atoms with Crippen molar-refractivity contribution >= 4 is 17.1 Å². The third-order valence-corrected chi connectivity index (χ3v) is 5.21. The van der Waals surface area contributed by atoms with Crippen LogP contribution in [0.15, 0.2) is 97.1 Å². The smallest absolute Gasteiger partial charge is 0.119 e. The fourth-order valence-corrected chi connectivity index (χ4v) is 3.55. The van der Waals surface area contributed by atoms with Gasteiger partial charge in [0.25, 0.3) is 0 Å². The zero-order valence-electron chi connectivity index (χ0n) is 17.8. The molecule has 30 heavy (non-hydrogen) atoms. The van der Waals surface area contributed by atoms with Gasteiger partial charge in [-0.1, -0.05) is 59.7 Å². The fourth-order valence-electron chi connectivity index (χ4n) is 3.55. The first-order valence-corrected chi connectivity index (χ1v) is 10.4. The normalized spacial score (nSPS) is 10.6. The van der Waals surface area contributed by atoms with Gasteiger partial charge in [-0.15, -0.1) is 0 Å². The van der Waals surface area contributed by atoms with Gasteiger partial charge in [0, 0.05) is 17.1 Å². The highest BCUT2D eigenvalue weighted by molar-refractivity contribution is 5.78. The van der Waals surface area contributed by atoms with Gasteiger partial charge in [0.05, 0.1) is 6.61 Å². The van der Waals surface area contributed by atoms with Crippen LogP contribution in [0.4, 0.5) is 17.1 Å². The van der Waals surface area contributed by atoms with E-state index in [9.17, 15) is 0 Å². The van der Waals surface area contributed by atoms with E-state index in [-0.39, 0.29) is 0 Å². The monoisotopic (exact) mass is 393 g/mol. The van der Waals surface area contributed by atoms with E-state index in [1.165, 1.54) is 22.3 Å². The molecule has 0 N–H and O–H groups in total. The largest absolute Gasteiger partial charge is 0.494 e. The molecule has 0 atom stereocenters. The van der Waals surface area contributed by atoms with E-state index in [0.717, 1.165) is 22.8 Å². The predicted octanol–water partition coefficient (Wildman–Crippen LogP) is 7.84. The first kappa shape index (κ1) is 19.8. The lowest BCUT2D eigenvalue weighted by Crippen LogP contribution is -2.09. The minimum Gasteiger partial charge on any atom is -0.494 e. The third kappa shape index (κ3) is 4.38. The lowest BCUT2D eigenvalue weighted by atomic mass is 10.0. The van der Waals surface area contributed by atoms with Gasteiger partial charge in [-0.05, 0) is 80.4 Å². The van der Waals surface area contributed by atoms with E-state index < -0.39 is 0 Å². The predicted molar refractivity (Wildman–Crippen MR) is 127 cm³/mol. The summed E-state index contributed by atoms with van der Waals surface area (Å²) in [5.74, 6) is 0.905. The van der Waals surface area contributed by atoms with Crippen LogP contribution in [0.1, 0.15) is 18.1 Å². The van der Waals surface area contributed by atoms with Gasteiger partial charge >= 0.3 is 0 Å². The van der Waals surface area contributed by atoms with Crippen LogP contribution in [0.25, 0.3) is 11.1 Å². The summed E-state index contributed by atoms with van der Waals surface area (Å²) in [7, 11) is 0. The molecule has 4 aromatic carbocycles. The molecule has 0 unspecified atom stereocenters. The van der Waals surface area contributed by atoms with Crippen molar-refractivity contribution in [2.24, 2.45) is 0 Å². The van der Waals surface area contributed by atoms with Crippen molar-refractivity contribution in [3.05, 3.63) is 108 Å². The molecule has 0 aliphatic rings. The van der Waals surface area contributed by atoms with Crippen LogP contribution < -0.4 is 9.64 Å². The van der Waals surface area contributed by atoms with Gasteiger partial charge < -0.3 is 9.64 Å². The summed E-state index contributed by atoms with van der Waals surface area (Å²) in [4.78, 5) is 2.29. The molecule has 0 fully saturated rings. The van der Waals surface area contributed by atoms with Crippen molar-refractivity contribution in [3.8, 4) is 16.9 Å². The second-order valence-corrected chi connectivity index (χ2v) is 7.51. The van der Waals surface area contributed by atoms with Gasteiger partial charge in [0.2, 0.25) is 0 Å². The minimum atomic E-state index is 0.682. The average Bonchev–Trinajstić information content (AvgIpc) is 2.78. The lowest BCUT2D eigenvalue weighted by molar-refractivity contribution is 0.340. The van der Waals surface area contributed by atoms with Gasteiger partial charge in [-0.25, -0.2) is 0 Å². The Labute approximate surface area is 179 Å². The van der Waals surface area contributed by atoms with Crippen LogP contribution in [-0.2, 0) is 0 Å². The van der Waals surface area contributed by atoms with Crippen LogP contribution >= 0.6 is 0 Å². The summed E-state index contributed by atoms with van der Waals surface area (Å²) in [5, 5.41) is 0. The molecule has 0 bridgehead atoms. The van der Waals surface area contributed by atoms with E-state index >= 15 is 0 Å². The number of nitrogens with zero attached hydrogens (tertiary/aromatic N) is 1. The molecule has 0 radical (unpaired) electrons. The second kappa shape index (κ2) is 8.87. The third-order valence-electron chi connectivity index (χ3n) is 5.21. The maximum Gasteiger partial charge on any atom is 0.119 e. The summed E-state index contributed by atoms with van der Waals surface area (Å²) >= 11 is 0. The number of anilines is 3. The number of benzene rings is 4. The molecule has 2 heteroatoms. The SMILES string of the molecule is CCOc1ccc(-c2ccc(N(c3ccc(C)cc3)c3ccc(C)cc3)cc2)cc1. The molecule has 0 amide bonds. The van der Waals surface area contributed by atoms with Gasteiger partial charge in [-0.3, -0.25) is 0 Å². The van der Waals surface area contributed by atoms with Gasteiger partial charge in [0.1, 0.15) is 5.75 Å². The van der Waals surface area contributed by atoms with E-state index in [4.69, 9.17) is 4.74 Å². The minimum absolute atomic E-state index is 0.682. The standard InChI is InChI=1S/C28H27NO/c1-4-30-28-19-11-24(12-20-28)23-9-17-27(18-10-23)29(25-13-5-21(2)6-14-25)26-15-7-22(3)8-16-26/h5-20H,4H2,1-3H3. The molecule has 150 valence electrons. The molecule has 0 aliphatic heterocycles. The van der Waals surface area contributed by atoms with Crippen molar-refractivity contribution < 1.29 is 4.74 Å². The van der Waals surface area contributed by atoms with Crippen molar-refractivity contribution in [2.45, 2.75) is 20.8 Å². The molecule has 0 saturated heterocycles. The quantitative estimate of drug-likeness (QED) is 0.331. The van der Waals surface area contributed by atoms with Gasteiger partial charge in [-0.2, -0.15) is 0 Å². The Hall–Kier alpha value is -3.52. The first-order chi connectivity index (χ1) is 14.6. The van der Waals surface area contributed by atoms with E-state index in [2.05, 4.69) is 104 Å². The topological polar surface area (TPSA) is 12.5 Å². The van der Waals surface area contributed by atoms with Crippen molar-refractivity contribution in [1.29, 1.82) is 0 Å². The molecule has 0 aromatic heterocycles. The van der Waals surface area contributed by atoms with Crippen LogP contribution in [0.2, 0.25) is 0 Å². The van der Waals surface area contributed by atoms with E-state index in [0.29, 0.717) is 6.61 Å². The van der Waals surface area contributed by atoms with Crippen molar-refractivity contribution in [2.75, 3.05) is 11.5 Å². The van der Waals surface area contributed by atoms with Crippen LogP contribution in [0, 0.1) is 13.8 Å². The first-order valence-electron chi connectivity index (χ1n) is 10.4. The zero-order valence-corrected chi connectivity index (χ0v) is 17.8. The highest BCUT2D eigenvalue weighted by Crippen LogP contribution is 2.35. The Morgan fingerprint density at radius 3 is 1.30 bits per heavy atom. The zero-order chi connectivity index (χ0) is 20.9. The van der Waals surface area contributed by atoms with E-state index in [1.54, 1.807) is 0 Å². The molecular formula is C28H27NO. The molecule has 0 heterocycles. The number of aryl methyl sites for hydroxylation is 2. The Balaban J connectivity index is 1.68. The Morgan fingerprint density at radius 1 is 0.533 bits per heavy atom. The van der Waals surface area contributed by atoms with Crippen LogP contribution in [0.5, 0.6) is 5.75 Å². The molecule has 0 aliphatic carbocycles. The van der Waals surface area contributed by atoms with E-state index in [1.807, 2.05) is 19.1 Å². The second-order valence-electron chi connectivity index (χ2n) is 7.51. The Bertz CT molecular complexity index is 1030. The van der Waals surface area contributed by atoms with Crippen molar-refractivity contribution in [3.63, 3.8) is 0 Å². The highest BCUT2D eigenvalue weighted by Gasteiger charge is 2.12. The number of ether oxygens (including phenoxy) is 1. The molecule has 4 rings (SSSR count). The Kier molecular flexibility index (Phi) is 5.85. The number of rotatable bonds is 6. The molecule has 2 nitrogen and oxygen atoms in total. The molecule has 0 spiro atoms. The molecule has 0 saturated carbocycles. The fraction of sp³-hybridized carbons (Fsp3) is 0.143. The van der Waals surface area contributed by atoms with Crippen LogP contribution in [0.3, 0.4) is 0 Å². The summed E-state index contributed by atoms with van der Waals surface area (Å²) in [6, 6.07) is 34.3. The number of hydrogen-bond donors (Lipinski definition) is 0. The summed E-state index contributed by atoms with van der Waals surface area (Å²) < 4.78 is 5.56. The summed E-state index contributed by atoms with van der Waals surface area (Å²) in [6.07, 6.45) is 0. The highest BCUT2D eigenvalue weighted by atomic mass is 16.5. The maximum absolute atomic E-state index is 5.56. The Morgan fingerprint density at radius 2 is 0.900 bits per heavy atom. The van der Waals surface area contributed by atoms with Crippen LogP contribution in [-0.4, -0.2) is 6.61 Å². The summed E-state index contributed by atoms with van der Waals surface area (Å²) in [5.41, 5.74) is 8.33. The average molecular weight is 394 g/mol. The summed E-state index contributed by atoms with van der Waals surface area (Å²) in [6.45, 7) is 6.92. The molecular weight excluding hydrogens is 366 g/mol. The maximum atomic E-state index is 5.56. The van der Waals surface area contributed by atoms with Crippen molar-refractivity contribution in [1.82, 2.24) is 0 Å².